The number of rotatable bonds is 7. The third-order valence-electron chi connectivity index (χ3n) is 8.99. The van der Waals surface area contributed by atoms with Crippen molar-refractivity contribution in [2.45, 2.75) is 6.92 Å². The molecule has 8 rings (SSSR count). The Bertz CT molecular complexity index is 2500. The molecular weight excluding hydrogens is 581 g/mol. The van der Waals surface area contributed by atoms with E-state index >= 15 is 0 Å². The zero-order valence-electron chi connectivity index (χ0n) is 26.8. The molecule has 0 fully saturated rings. The topological polar surface area (TPSA) is 17.3 Å². The minimum Gasteiger partial charge on any atom is -0.309 e. The fourth-order valence-corrected chi connectivity index (χ4v) is 6.78. The maximum Gasteiger partial charge on any atom is 0.0715 e. The summed E-state index contributed by atoms with van der Waals surface area (Å²) in [5.74, 6) is 0. The van der Waals surface area contributed by atoms with Crippen molar-refractivity contribution in [3.05, 3.63) is 188 Å². The summed E-state index contributed by atoms with van der Waals surface area (Å²) in [6.45, 7) is 2.05. The van der Waals surface area contributed by atoms with E-state index in [9.17, 15) is 0 Å². The van der Waals surface area contributed by atoms with E-state index in [1.807, 2.05) is 6.21 Å². The summed E-state index contributed by atoms with van der Waals surface area (Å²) >= 11 is 0. The van der Waals surface area contributed by atoms with Crippen molar-refractivity contribution in [1.82, 2.24) is 4.57 Å². The van der Waals surface area contributed by atoms with Gasteiger partial charge in [-0.05, 0) is 88.0 Å². The molecule has 0 radical (unpaired) electrons. The average Bonchev–Trinajstić information content (AvgIpc) is 3.49. The van der Waals surface area contributed by atoms with Crippen LogP contribution < -0.4 is 0 Å². The summed E-state index contributed by atoms with van der Waals surface area (Å²) in [6, 6.07) is 58.2. The van der Waals surface area contributed by atoms with Gasteiger partial charge in [0.25, 0.3) is 0 Å². The molecule has 1 heterocycles. The van der Waals surface area contributed by atoms with Crippen LogP contribution >= 0.6 is 0 Å². The maximum absolute atomic E-state index is 5.15. The summed E-state index contributed by atoms with van der Waals surface area (Å²) < 4.78 is 2.39. The van der Waals surface area contributed by atoms with Crippen LogP contribution in [0.1, 0.15) is 12.5 Å². The molecule has 2 heteroatoms. The molecule has 0 atom stereocenters. The Labute approximate surface area is 281 Å². The summed E-state index contributed by atoms with van der Waals surface area (Å²) in [5, 5.41) is 4.87. The highest BCUT2D eigenvalue weighted by molar-refractivity contribution is 6.18. The highest BCUT2D eigenvalue weighted by Gasteiger charge is 2.19. The van der Waals surface area contributed by atoms with E-state index < -0.39 is 0 Å². The summed E-state index contributed by atoms with van der Waals surface area (Å²) in [6.07, 6.45) is 8.29. The van der Waals surface area contributed by atoms with Gasteiger partial charge in [-0.25, -0.2) is 0 Å². The van der Waals surface area contributed by atoms with Crippen LogP contribution in [0.4, 0.5) is 5.69 Å². The summed E-state index contributed by atoms with van der Waals surface area (Å²) in [5.41, 5.74) is 11.3. The average molecular weight is 615 g/mol. The van der Waals surface area contributed by atoms with E-state index in [2.05, 4.69) is 194 Å². The molecule has 0 unspecified atom stereocenters. The zero-order chi connectivity index (χ0) is 32.3. The first kappa shape index (κ1) is 29.2. The molecule has 48 heavy (non-hydrogen) atoms. The van der Waals surface area contributed by atoms with Gasteiger partial charge in [0.1, 0.15) is 0 Å². The minimum absolute atomic E-state index is 0.934. The fourth-order valence-electron chi connectivity index (χ4n) is 6.78. The van der Waals surface area contributed by atoms with Crippen LogP contribution in [0.2, 0.25) is 0 Å². The van der Waals surface area contributed by atoms with Gasteiger partial charge in [0.05, 0.1) is 16.7 Å². The van der Waals surface area contributed by atoms with Crippen molar-refractivity contribution in [1.29, 1.82) is 0 Å². The third kappa shape index (κ3) is 5.44. The third-order valence-corrected chi connectivity index (χ3v) is 8.99. The van der Waals surface area contributed by atoms with Crippen LogP contribution in [-0.4, -0.2) is 10.8 Å². The smallest absolute Gasteiger partial charge is 0.0715 e. The lowest BCUT2D eigenvalue weighted by molar-refractivity contribution is 1.19. The molecule has 0 spiro atoms. The molecule has 0 aliphatic rings. The predicted molar refractivity (Wildman–Crippen MR) is 207 cm³/mol. The lowest BCUT2D eigenvalue weighted by atomic mass is 9.97. The summed E-state index contributed by atoms with van der Waals surface area (Å²) in [7, 11) is 0. The van der Waals surface area contributed by atoms with E-state index in [1.54, 1.807) is 0 Å². The standard InChI is InChI=1S/C46H34N2/c1-2-14-33(37-21-13-22-38(31-37)34-15-5-3-6-16-34)29-30-47-42-27-28-44-46(45(42)36-18-7-4-8-19-36)41-23-11-12-24-43(41)48(44)40-26-25-35-17-9-10-20-39(35)32-40/h2-32H,1H3/b14-2-,33-29+,47-30?. The SMILES string of the molecule is C/C=C\C(=C/C=Nc1ccc2c(c1-c1ccccc1)c1ccccc1n2-c1ccc2ccccc2c1)c1cccc(-c2ccccc2)c1. The van der Waals surface area contributed by atoms with Crippen molar-refractivity contribution in [3.63, 3.8) is 0 Å². The highest BCUT2D eigenvalue weighted by Crippen LogP contribution is 2.43. The number of aromatic nitrogens is 1. The van der Waals surface area contributed by atoms with Gasteiger partial charge in [0, 0.05) is 28.2 Å². The number of benzene rings is 7. The molecule has 8 aromatic rings. The van der Waals surface area contributed by atoms with Gasteiger partial charge in [-0.3, -0.25) is 4.99 Å². The normalized spacial score (nSPS) is 12.2. The summed E-state index contributed by atoms with van der Waals surface area (Å²) in [4.78, 5) is 5.15. The van der Waals surface area contributed by atoms with Crippen LogP contribution in [0.25, 0.3) is 66.1 Å². The number of nitrogens with zero attached hydrogens (tertiary/aromatic N) is 2. The molecule has 0 aliphatic heterocycles. The molecule has 0 aliphatic carbocycles. The van der Waals surface area contributed by atoms with E-state index in [0.29, 0.717) is 0 Å². The van der Waals surface area contributed by atoms with Gasteiger partial charge in [0.15, 0.2) is 0 Å². The van der Waals surface area contributed by atoms with Crippen molar-refractivity contribution >= 4 is 50.1 Å². The van der Waals surface area contributed by atoms with Crippen molar-refractivity contribution in [2.75, 3.05) is 0 Å². The largest absolute Gasteiger partial charge is 0.309 e. The van der Waals surface area contributed by atoms with E-state index in [0.717, 1.165) is 39.2 Å². The maximum atomic E-state index is 5.15. The molecule has 0 saturated carbocycles. The first-order chi connectivity index (χ1) is 23.8. The Kier molecular flexibility index (Phi) is 7.82. The number of aliphatic imine (C=N–C) groups is 1. The second kappa shape index (κ2) is 12.9. The Morgan fingerprint density at radius 2 is 1.27 bits per heavy atom. The minimum atomic E-state index is 0.934. The Hall–Kier alpha value is -6.25. The van der Waals surface area contributed by atoms with Gasteiger partial charge in [-0.15, -0.1) is 0 Å². The molecule has 2 nitrogen and oxygen atoms in total. The van der Waals surface area contributed by atoms with Crippen molar-refractivity contribution in [2.24, 2.45) is 4.99 Å². The van der Waals surface area contributed by atoms with Gasteiger partial charge >= 0.3 is 0 Å². The van der Waals surface area contributed by atoms with Crippen LogP contribution in [0.15, 0.2) is 187 Å². The second-order valence-electron chi connectivity index (χ2n) is 12.0. The lowest BCUT2D eigenvalue weighted by Crippen LogP contribution is -1.94. The second-order valence-corrected chi connectivity index (χ2v) is 12.0. The molecule has 0 amide bonds. The molecule has 7 aromatic carbocycles. The lowest BCUT2D eigenvalue weighted by Gasteiger charge is -2.12. The molecule has 0 bridgehead atoms. The number of fused-ring (bicyclic) bond motifs is 4. The number of hydrogen-bond acceptors (Lipinski definition) is 1. The van der Waals surface area contributed by atoms with Crippen LogP contribution in [-0.2, 0) is 0 Å². The van der Waals surface area contributed by atoms with E-state index in [4.69, 9.17) is 4.99 Å². The van der Waals surface area contributed by atoms with Crippen LogP contribution in [0.5, 0.6) is 0 Å². The molecule has 0 N–H and O–H groups in total. The van der Waals surface area contributed by atoms with E-state index in [1.165, 1.54) is 38.2 Å². The van der Waals surface area contributed by atoms with Gasteiger partial charge < -0.3 is 4.57 Å². The van der Waals surface area contributed by atoms with E-state index in [-0.39, 0.29) is 0 Å². The Balaban J connectivity index is 1.29. The molecule has 0 saturated heterocycles. The quantitative estimate of drug-likeness (QED) is 0.126. The first-order valence-electron chi connectivity index (χ1n) is 16.4. The highest BCUT2D eigenvalue weighted by atomic mass is 15.0. The van der Waals surface area contributed by atoms with Crippen molar-refractivity contribution < 1.29 is 0 Å². The van der Waals surface area contributed by atoms with Crippen LogP contribution in [0.3, 0.4) is 0 Å². The first-order valence-corrected chi connectivity index (χ1v) is 16.4. The Morgan fingerprint density at radius 3 is 2.08 bits per heavy atom. The monoisotopic (exact) mass is 614 g/mol. The van der Waals surface area contributed by atoms with Crippen LogP contribution in [0, 0.1) is 0 Å². The van der Waals surface area contributed by atoms with Gasteiger partial charge in [-0.2, -0.15) is 0 Å². The van der Waals surface area contributed by atoms with Gasteiger partial charge in [-0.1, -0.05) is 140 Å². The zero-order valence-corrected chi connectivity index (χ0v) is 26.8. The predicted octanol–water partition coefficient (Wildman–Crippen LogP) is 12.6. The van der Waals surface area contributed by atoms with Gasteiger partial charge in [0.2, 0.25) is 0 Å². The Morgan fingerprint density at radius 1 is 0.562 bits per heavy atom. The number of hydrogen-bond donors (Lipinski definition) is 0. The number of para-hydroxylation sites is 1. The van der Waals surface area contributed by atoms with Crippen molar-refractivity contribution in [3.8, 4) is 27.9 Å². The fraction of sp³-hybridized carbons (Fsp3) is 0.0217. The molecule has 1 aromatic heterocycles. The molecular formula is C46H34N2. The molecule has 228 valence electrons. The number of allylic oxidation sites excluding steroid dienone is 4.